The summed E-state index contributed by atoms with van der Waals surface area (Å²) in [6.07, 6.45) is 2.85. The van der Waals surface area contributed by atoms with Crippen LogP contribution in [0.3, 0.4) is 0 Å². The van der Waals surface area contributed by atoms with Gasteiger partial charge < -0.3 is 10.2 Å². The summed E-state index contributed by atoms with van der Waals surface area (Å²) in [4.78, 5) is 27.8. The van der Waals surface area contributed by atoms with E-state index < -0.39 is 16.1 Å². The summed E-state index contributed by atoms with van der Waals surface area (Å²) in [6, 6.07) is 13.8. The number of amides is 2. The largest absolute Gasteiger partial charge is 0.354 e. The molecule has 35 heavy (non-hydrogen) atoms. The number of rotatable bonds is 13. The number of sulfonamides is 1. The van der Waals surface area contributed by atoms with E-state index in [1.54, 1.807) is 29.2 Å². The average molecular weight is 522 g/mol. The number of halogens is 1. The first-order valence-electron chi connectivity index (χ1n) is 11.9. The lowest BCUT2D eigenvalue weighted by molar-refractivity contribution is -0.141. The summed E-state index contributed by atoms with van der Waals surface area (Å²) in [5.41, 5.74) is 2.54. The van der Waals surface area contributed by atoms with Crippen LogP contribution >= 0.6 is 11.6 Å². The van der Waals surface area contributed by atoms with Crippen LogP contribution in [0.15, 0.2) is 48.5 Å². The minimum atomic E-state index is -3.55. The van der Waals surface area contributed by atoms with Crippen LogP contribution in [0.2, 0.25) is 5.02 Å². The molecule has 0 aliphatic heterocycles. The summed E-state index contributed by atoms with van der Waals surface area (Å²) in [7, 11) is -3.55. The number of anilines is 1. The Balaban J connectivity index is 2.18. The molecule has 0 aliphatic rings. The normalized spacial score (nSPS) is 12.1. The molecule has 2 aromatic carbocycles. The topological polar surface area (TPSA) is 86.8 Å². The van der Waals surface area contributed by atoms with Crippen molar-refractivity contribution in [2.75, 3.05) is 23.7 Å². The van der Waals surface area contributed by atoms with E-state index >= 15 is 0 Å². The molecule has 0 radical (unpaired) electrons. The van der Waals surface area contributed by atoms with Gasteiger partial charge in [0.05, 0.1) is 11.9 Å². The van der Waals surface area contributed by atoms with Crippen LogP contribution < -0.4 is 9.62 Å². The molecule has 1 N–H and O–H groups in total. The van der Waals surface area contributed by atoms with Crippen molar-refractivity contribution in [3.8, 4) is 0 Å². The lowest BCUT2D eigenvalue weighted by Crippen LogP contribution is -2.49. The molecule has 0 saturated heterocycles. The molecule has 7 nitrogen and oxygen atoms in total. The molecule has 0 aromatic heterocycles. The minimum Gasteiger partial charge on any atom is -0.354 e. The van der Waals surface area contributed by atoms with Crippen molar-refractivity contribution in [2.24, 2.45) is 0 Å². The van der Waals surface area contributed by atoms with Gasteiger partial charge in [0.1, 0.15) is 6.04 Å². The Morgan fingerprint density at radius 3 is 2.20 bits per heavy atom. The fourth-order valence-electron chi connectivity index (χ4n) is 3.79. The molecule has 0 saturated carbocycles. The summed E-state index contributed by atoms with van der Waals surface area (Å²) < 4.78 is 26.0. The van der Waals surface area contributed by atoms with E-state index in [2.05, 4.69) is 5.32 Å². The van der Waals surface area contributed by atoms with E-state index in [0.717, 1.165) is 23.8 Å². The van der Waals surface area contributed by atoms with Gasteiger partial charge in [-0.25, -0.2) is 8.42 Å². The molecule has 0 aliphatic carbocycles. The Morgan fingerprint density at radius 1 is 1.03 bits per heavy atom. The maximum Gasteiger partial charge on any atom is 0.242 e. The minimum absolute atomic E-state index is 0.114. The number of nitrogens with zero attached hydrogens (tertiary/aromatic N) is 2. The third-order valence-electron chi connectivity index (χ3n) is 5.68. The predicted molar refractivity (Wildman–Crippen MR) is 142 cm³/mol. The van der Waals surface area contributed by atoms with Crippen LogP contribution in [-0.2, 0) is 26.2 Å². The van der Waals surface area contributed by atoms with Gasteiger partial charge in [-0.05, 0) is 56.0 Å². The van der Waals surface area contributed by atoms with Gasteiger partial charge in [0.25, 0.3) is 0 Å². The highest BCUT2D eigenvalue weighted by Gasteiger charge is 2.28. The lowest BCUT2D eigenvalue weighted by Gasteiger charge is -2.31. The fourth-order valence-corrected chi connectivity index (χ4v) is 4.88. The van der Waals surface area contributed by atoms with Crippen molar-refractivity contribution in [1.82, 2.24) is 10.2 Å². The van der Waals surface area contributed by atoms with Gasteiger partial charge in [-0.2, -0.15) is 0 Å². The first-order chi connectivity index (χ1) is 16.6. The Hall–Kier alpha value is -2.58. The number of carbonyl (C=O) groups is 2. The molecular formula is C26H36ClN3O4S. The van der Waals surface area contributed by atoms with Crippen molar-refractivity contribution < 1.29 is 18.0 Å². The molecule has 0 fully saturated rings. The molecule has 0 unspecified atom stereocenters. The Morgan fingerprint density at radius 2 is 1.66 bits per heavy atom. The van der Waals surface area contributed by atoms with E-state index in [1.807, 2.05) is 45.0 Å². The zero-order chi connectivity index (χ0) is 26.0. The molecule has 0 heterocycles. The molecule has 9 heteroatoms. The van der Waals surface area contributed by atoms with Crippen LogP contribution in [0.5, 0.6) is 0 Å². The number of nitrogens with one attached hydrogen (secondary N) is 1. The Bertz CT molecular complexity index is 1070. The number of carbonyl (C=O) groups excluding carboxylic acids is 2. The SMILES string of the molecule is CCCNC(=O)[C@H](CC)N(Cc1ccc(C)cc1)C(=O)CCCN(c1ccc(Cl)cc1)S(C)(=O)=O. The van der Waals surface area contributed by atoms with E-state index in [1.165, 1.54) is 4.31 Å². The lowest BCUT2D eigenvalue weighted by atomic mass is 10.1. The predicted octanol–water partition coefficient (Wildman–Crippen LogP) is 4.53. The summed E-state index contributed by atoms with van der Waals surface area (Å²) >= 11 is 5.94. The Kier molecular flexibility index (Phi) is 11.0. The molecule has 2 amide bonds. The second-order valence-corrected chi connectivity index (χ2v) is 11.0. The number of aryl methyl sites for hydroxylation is 1. The van der Waals surface area contributed by atoms with Gasteiger partial charge in [0, 0.05) is 31.1 Å². The van der Waals surface area contributed by atoms with Gasteiger partial charge in [-0.3, -0.25) is 13.9 Å². The zero-order valence-corrected chi connectivity index (χ0v) is 22.5. The van der Waals surface area contributed by atoms with E-state index in [4.69, 9.17) is 11.6 Å². The van der Waals surface area contributed by atoms with Crippen molar-refractivity contribution in [2.45, 2.75) is 59.0 Å². The van der Waals surface area contributed by atoms with Gasteiger partial charge in [-0.1, -0.05) is 55.3 Å². The number of hydrogen-bond acceptors (Lipinski definition) is 4. The van der Waals surface area contributed by atoms with Crippen LogP contribution in [0.1, 0.15) is 50.7 Å². The first kappa shape index (κ1) is 28.7. The molecule has 0 spiro atoms. The van der Waals surface area contributed by atoms with E-state index in [9.17, 15) is 18.0 Å². The van der Waals surface area contributed by atoms with Gasteiger partial charge >= 0.3 is 0 Å². The third kappa shape index (κ3) is 8.85. The van der Waals surface area contributed by atoms with Gasteiger partial charge in [0.15, 0.2) is 0 Å². The summed E-state index contributed by atoms with van der Waals surface area (Å²) in [5.74, 6) is -0.359. The third-order valence-corrected chi connectivity index (χ3v) is 7.12. The molecule has 2 rings (SSSR count). The van der Waals surface area contributed by atoms with E-state index in [0.29, 0.717) is 36.6 Å². The van der Waals surface area contributed by atoms with Gasteiger partial charge in [0.2, 0.25) is 21.8 Å². The monoisotopic (exact) mass is 521 g/mol. The number of hydrogen-bond donors (Lipinski definition) is 1. The quantitative estimate of drug-likeness (QED) is 0.419. The molecule has 1 atom stereocenters. The zero-order valence-electron chi connectivity index (χ0n) is 21.0. The smallest absolute Gasteiger partial charge is 0.242 e. The second kappa shape index (κ2) is 13.5. The van der Waals surface area contributed by atoms with Crippen molar-refractivity contribution in [3.63, 3.8) is 0 Å². The molecular weight excluding hydrogens is 486 g/mol. The highest BCUT2D eigenvalue weighted by atomic mass is 35.5. The van der Waals surface area contributed by atoms with E-state index in [-0.39, 0.29) is 24.8 Å². The molecule has 192 valence electrons. The molecule has 2 aromatic rings. The van der Waals surface area contributed by atoms with Crippen LogP contribution in [-0.4, -0.2) is 50.5 Å². The second-order valence-electron chi connectivity index (χ2n) is 8.64. The number of benzene rings is 2. The molecule has 0 bridgehead atoms. The standard InChI is InChI=1S/C26H36ClN3O4S/c1-5-17-28-26(32)24(6-2)29(19-21-11-9-20(3)10-12-21)25(31)8-7-18-30(35(4,33)34)23-15-13-22(27)14-16-23/h9-16,24H,5-8,17-19H2,1-4H3,(H,28,32)/t24-/m0/s1. The van der Waals surface area contributed by atoms with Crippen LogP contribution in [0.25, 0.3) is 0 Å². The van der Waals surface area contributed by atoms with Gasteiger partial charge in [-0.15, -0.1) is 0 Å². The summed E-state index contributed by atoms with van der Waals surface area (Å²) in [5, 5.41) is 3.41. The average Bonchev–Trinajstić information content (AvgIpc) is 2.81. The maximum absolute atomic E-state index is 13.4. The fraction of sp³-hybridized carbons (Fsp3) is 0.462. The first-order valence-corrected chi connectivity index (χ1v) is 14.2. The van der Waals surface area contributed by atoms with Crippen molar-refractivity contribution in [1.29, 1.82) is 0 Å². The van der Waals surface area contributed by atoms with Crippen molar-refractivity contribution >= 4 is 39.1 Å². The summed E-state index contributed by atoms with van der Waals surface area (Å²) in [6.45, 7) is 6.86. The highest BCUT2D eigenvalue weighted by Crippen LogP contribution is 2.22. The van der Waals surface area contributed by atoms with Crippen LogP contribution in [0.4, 0.5) is 5.69 Å². The van der Waals surface area contributed by atoms with Crippen molar-refractivity contribution in [3.05, 3.63) is 64.7 Å². The van der Waals surface area contributed by atoms with Crippen LogP contribution in [0, 0.1) is 6.92 Å². The Labute approximate surface area is 214 Å². The maximum atomic E-state index is 13.4. The highest BCUT2D eigenvalue weighted by molar-refractivity contribution is 7.92.